The second kappa shape index (κ2) is 9.12. The maximum Gasteiger partial charge on any atom is 0.224 e. The normalized spacial score (nSPS) is 15.7. The molecular weight excluding hydrogens is 248 g/mol. The highest BCUT2D eigenvalue weighted by Gasteiger charge is 2.18. The summed E-state index contributed by atoms with van der Waals surface area (Å²) in [4.78, 5) is 10.6. The van der Waals surface area contributed by atoms with Crippen molar-refractivity contribution in [1.82, 2.24) is 0 Å². The van der Waals surface area contributed by atoms with E-state index >= 15 is 0 Å². The fourth-order valence-electron chi connectivity index (χ4n) is 2.07. The summed E-state index contributed by atoms with van der Waals surface area (Å²) >= 11 is 5.32. The van der Waals surface area contributed by atoms with Gasteiger partial charge in [-0.25, -0.2) is 0 Å². The van der Waals surface area contributed by atoms with Crippen molar-refractivity contribution in [2.45, 2.75) is 38.7 Å². The van der Waals surface area contributed by atoms with Crippen molar-refractivity contribution in [2.75, 3.05) is 7.11 Å². The van der Waals surface area contributed by atoms with Crippen LogP contribution in [0.4, 0.5) is 0 Å². The molecule has 1 saturated carbocycles. The Labute approximate surface area is 114 Å². The van der Waals surface area contributed by atoms with Crippen molar-refractivity contribution in [2.24, 2.45) is 5.92 Å². The van der Waals surface area contributed by atoms with Gasteiger partial charge in [-0.2, -0.15) is 0 Å². The Balaban J connectivity index is 0.000000180. The van der Waals surface area contributed by atoms with Crippen LogP contribution in [0.25, 0.3) is 0 Å². The molecule has 0 heterocycles. The van der Waals surface area contributed by atoms with Gasteiger partial charge in [-0.15, -0.1) is 0 Å². The summed E-state index contributed by atoms with van der Waals surface area (Å²) in [6, 6.07) is 10.1. The molecule has 1 aliphatic carbocycles. The lowest BCUT2D eigenvalue weighted by molar-refractivity contribution is -0.115. The van der Waals surface area contributed by atoms with E-state index in [1.54, 1.807) is 7.11 Å². The Morgan fingerprint density at radius 2 is 1.83 bits per heavy atom. The minimum atomic E-state index is -0.130. The number of benzene rings is 1. The number of rotatable bonds is 3. The van der Waals surface area contributed by atoms with E-state index in [-0.39, 0.29) is 11.2 Å². The zero-order chi connectivity index (χ0) is 13.2. The minimum absolute atomic E-state index is 0.130. The zero-order valence-electron chi connectivity index (χ0n) is 10.9. The van der Waals surface area contributed by atoms with E-state index in [2.05, 4.69) is 0 Å². The molecule has 0 N–H and O–H groups in total. The van der Waals surface area contributed by atoms with E-state index in [0.29, 0.717) is 6.61 Å². The van der Waals surface area contributed by atoms with Crippen LogP contribution in [-0.2, 0) is 16.1 Å². The summed E-state index contributed by atoms with van der Waals surface area (Å²) in [5.41, 5.74) is 1.22. The summed E-state index contributed by atoms with van der Waals surface area (Å²) < 4.78 is 4.93. The molecule has 1 fully saturated rings. The second-order valence-corrected chi connectivity index (χ2v) is 4.93. The number of ether oxygens (including phenoxy) is 1. The van der Waals surface area contributed by atoms with Gasteiger partial charge in [0.2, 0.25) is 5.24 Å². The molecule has 1 aromatic rings. The van der Waals surface area contributed by atoms with Crippen LogP contribution in [-0.4, -0.2) is 12.4 Å². The van der Waals surface area contributed by atoms with Crippen LogP contribution in [0.3, 0.4) is 0 Å². The molecule has 0 saturated heterocycles. The topological polar surface area (TPSA) is 26.3 Å². The van der Waals surface area contributed by atoms with Gasteiger partial charge < -0.3 is 4.74 Å². The number of carbonyl (C=O) groups is 1. The van der Waals surface area contributed by atoms with E-state index in [9.17, 15) is 4.79 Å². The van der Waals surface area contributed by atoms with Gasteiger partial charge in [0, 0.05) is 13.0 Å². The molecule has 0 amide bonds. The van der Waals surface area contributed by atoms with Crippen molar-refractivity contribution in [3.8, 4) is 0 Å². The molecule has 0 aliphatic heterocycles. The van der Waals surface area contributed by atoms with Gasteiger partial charge in [0.15, 0.2) is 0 Å². The third-order valence-corrected chi connectivity index (χ3v) is 3.39. The molecule has 0 unspecified atom stereocenters. The molecule has 0 radical (unpaired) electrons. The lowest BCUT2D eigenvalue weighted by atomic mass is 9.90. The fourth-order valence-corrected chi connectivity index (χ4v) is 2.29. The molecule has 18 heavy (non-hydrogen) atoms. The van der Waals surface area contributed by atoms with Gasteiger partial charge in [-0.05, 0) is 30.0 Å². The highest BCUT2D eigenvalue weighted by Crippen LogP contribution is 2.25. The van der Waals surface area contributed by atoms with Crippen LogP contribution in [0, 0.1) is 5.92 Å². The molecule has 1 aromatic carbocycles. The summed E-state index contributed by atoms with van der Waals surface area (Å²) in [5, 5.41) is -0.130. The van der Waals surface area contributed by atoms with Crippen LogP contribution >= 0.6 is 11.6 Å². The van der Waals surface area contributed by atoms with Crippen LogP contribution in [0.15, 0.2) is 30.3 Å². The number of hydrogen-bond donors (Lipinski definition) is 0. The average molecular weight is 269 g/mol. The number of methoxy groups -OCH3 is 1. The summed E-state index contributed by atoms with van der Waals surface area (Å²) in [5.74, 6) is 0.181. The van der Waals surface area contributed by atoms with Crippen molar-refractivity contribution in [1.29, 1.82) is 0 Å². The van der Waals surface area contributed by atoms with Crippen molar-refractivity contribution < 1.29 is 9.53 Å². The van der Waals surface area contributed by atoms with Crippen LogP contribution in [0.1, 0.15) is 37.7 Å². The predicted octanol–water partition coefficient (Wildman–Crippen LogP) is 4.17. The third kappa shape index (κ3) is 6.18. The number of carbonyl (C=O) groups excluding carboxylic acids is 1. The maximum absolute atomic E-state index is 10.6. The van der Waals surface area contributed by atoms with E-state index < -0.39 is 0 Å². The fraction of sp³-hybridized carbons (Fsp3) is 0.533. The minimum Gasteiger partial charge on any atom is -0.380 e. The lowest BCUT2D eigenvalue weighted by Gasteiger charge is -2.16. The molecule has 1 aliphatic rings. The quantitative estimate of drug-likeness (QED) is 0.770. The third-order valence-electron chi connectivity index (χ3n) is 3.08. The molecule has 3 heteroatoms. The predicted molar refractivity (Wildman–Crippen MR) is 74.6 cm³/mol. The molecule has 2 rings (SSSR count). The average Bonchev–Trinajstić information content (AvgIpc) is 2.42. The first kappa shape index (κ1) is 15.2. The number of hydrogen-bond acceptors (Lipinski definition) is 2. The second-order valence-electron chi connectivity index (χ2n) is 4.56. The molecule has 0 bridgehead atoms. The Kier molecular flexibility index (Phi) is 7.70. The Morgan fingerprint density at radius 1 is 1.22 bits per heavy atom. The first-order valence-corrected chi connectivity index (χ1v) is 6.84. The summed E-state index contributed by atoms with van der Waals surface area (Å²) in [6.45, 7) is 0.709. The van der Waals surface area contributed by atoms with Gasteiger partial charge in [0.05, 0.1) is 6.61 Å². The first-order chi connectivity index (χ1) is 8.74. The summed E-state index contributed by atoms with van der Waals surface area (Å²) in [6.07, 6.45) is 5.68. The van der Waals surface area contributed by atoms with E-state index in [4.69, 9.17) is 16.3 Å². The Hall–Kier alpha value is -0.860. The smallest absolute Gasteiger partial charge is 0.224 e. The van der Waals surface area contributed by atoms with Crippen LogP contribution < -0.4 is 0 Å². The monoisotopic (exact) mass is 268 g/mol. The van der Waals surface area contributed by atoms with Crippen LogP contribution in [0.5, 0.6) is 0 Å². The molecular formula is C15H21ClO2. The first-order valence-electron chi connectivity index (χ1n) is 6.46. The standard InChI is InChI=1S/C8H10O.C7H11ClO/c1-9-7-8-5-3-2-4-6-8;8-7(9)6-4-2-1-3-5-6/h2-6H,7H2,1H3;6H,1-5H2. The van der Waals surface area contributed by atoms with Gasteiger partial charge in [-0.3, -0.25) is 4.79 Å². The molecule has 100 valence electrons. The van der Waals surface area contributed by atoms with Crippen molar-refractivity contribution >= 4 is 16.8 Å². The molecule has 0 atom stereocenters. The SMILES string of the molecule is COCc1ccccc1.O=C(Cl)C1CCCCC1. The molecule has 0 aromatic heterocycles. The largest absolute Gasteiger partial charge is 0.380 e. The van der Waals surface area contributed by atoms with Gasteiger partial charge in [0.1, 0.15) is 0 Å². The molecule has 2 nitrogen and oxygen atoms in total. The van der Waals surface area contributed by atoms with Gasteiger partial charge >= 0.3 is 0 Å². The van der Waals surface area contributed by atoms with E-state index in [1.807, 2.05) is 30.3 Å². The van der Waals surface area contributed by atoms with Crippen LogP contribution in [0.2, 0.25) is 0 Å². The maximum atomic E-state index is 10.6. The number of halogens is 1. The van der Waals surface area contributed by atoms with E-state index in [1.165, 1.54) is 24.8 Å². The highest BCUT2D eigenvalue weighted by atomic mass is 35.5. The van der Waals surface area contributed by atoms with E-state index in [0.717, 1.165) is 12.8 Å². The van der Waals surface area contributed by atoms with Crippen molar-refractivity contribution in [3.05, 3.63) is 35.9 Å². The zero-order valence-corrected chi connectivity index (χ0v) is 11.7. The Morgan fingerprint density at radius 3 is 2.28 bits per heavy atom. The van der Waals surface area contributed by atoms with Crippen molar-refractivity contribution in [3.63, 3.8) is 0 Å². The lowest BCUT2D eigenvalue weighted by Crippen LogP contribution is -2.12. The highest BCUT2D eigenvalue weighted by molar-refractivity contribution is 6.63. The van der Waals surface area contributed by atoms with Gasteiger partial charge in [-0.1, -0.05) is 49.6 Å². The Bertz CT molecular complexity index is 332. The van der Waals surface area contributed by atoms with Gasteiger partial charge in [0.25, 0.3) is 0 Å². The summed E-state index contributed by atoms with van der Waals surface area (Å²) in [7, 11) is 1.70. The molecule has 0 spiro atoms.